The number of carbonyl (C=O) groups excluding carboxylic acids is 1. The van der Waals surface area contributed by atoms with Crippen LogP contribution in [0.1, 0.15) is 56.4 Å². The standard InChI is InChI=1S/C17H18N2O3S/c1-11-13(15(21)22)23-16(18-11)17(9-5-6-10-17)19-14(20)12-7-3-2-4-8-12/h2-4,7-8H,5-6,9-10H2,1H3,(H,19,20)(H,21,22). The van der Waals surface area contributed by atoms with Crippen molar-refractivity contribution < 1.29 is 14.7 Å². The largest absolute Gasteiger partial charge is 0.477 e. The zero-order valence-electron chi connectivity index (χ0n) is 12.8. The molecule has 0 radical (unpaired) electrons. The molecule has 2 N–H and O–H groups in total. The van der Waals surface area contributed by atoms with Crippen molar-refractivity contribution in [2.45, 2.75) is 38.1 Å². The molecule has 1 heterocycles. The summed E-state index contributed by atoms with van der Waals surface area (Å²) in [4.78, 5) is 28.5. The van der Waals surface area contributed by atoms with Crippen molar-refractivity contribution in [2.75, 3.05) is 0 Å². The van der Waals surface area contributed by atoms with Crippen LogP contribution in [0.2, 0.25) is 0 Å². The summed E-state index contributed by atoms with van der Waals surface area (Å²) < 4.78 is 0. The maximum atomic E-state index is 12.6. The number of amides is 1. The molecule has 1 aromatic heterocycles. The number of nitrogens with one attached hydrogen (secondary N) is 1. The number of aromatic nitrogens is 1. The number of benzene rings is 1. The van der Waals surface area contributed by atoms with Crippen molar-refractivity contribution in [2.24, 2.45) is 0 Å². The zero-order valence-corrected chi connectivity index (χ0v) is 13.7. The van der Waals surface area contributed by atoms with Gasteiger partial charge in [-0.25, -0.2) is 9.78 Å². The van der Waals surface area contributed by atoms with Gasteiger partial charge in [0.2, 0.25) is 0 Å². The fourth-order valence-corrected chi connectivity index (χ4v) is 4.16. The molecule has 1 saturated carbocycles. The quantitative estimate of drug-likeness (QED) is 0.901. The highest BCUT2D eigenvalue weighted by molar-refractivity contribution is 7.13. The Morgan fingerprint density at radius 1 is 1.22 bits per heavy atom. The van der Waals surface area contributed by atoms with Gasteiger partial charge in [-0.15, -0.1) is 11.3 Å². The smallest absolute Gasteiger partial charge is 0.347 e. The molecule has 5 nitrogen and oxygen atoms in total. The molecular weight excluding hydrogens is 312 g/mol. The summed E-state index contributed by atoms with van der Waals surface area (Å²) >= 11 is 1.18. The number of nitrogens with zero attached hydrogens (tertiary/aromatic N) is 1. The van der Waals surface area contributed by atoms with Crippen molar-refractivity contribution in [3.63, 3.8) is 0 Å². The fraction of sp³-hybridized carbons (Fsp3) is 0.353. The number of hydrogen-bond donors (Lipinski definition) is 2. The molecule has 0 aliphatic heterocycles. The van der Waals surface area contributed by atoms with Gasteiger partial charge in [-0.05, 0) is 31.9 Å². The number of rotatable bonds is 4. The molecule has 1 aliphatic rings. The summed E-state index contributed by atoms with van der Waals surface area (Å²) in [7, 11) is 0. The Kier molecular flexibility index (Phi) is 4.17. The minimum Gasteiger partial charge on any atom is -0.477 e. The number of carbonyl (C=O) groups is 2. The van der Waals surface area contributed by atoms with Crippen molar-refractivity contribution in [3.8, 4) is 0 Å². The first-order valence-electron chi connectivity index (χ1n) is 7.61. The number of hydrogen-bond acceptors (Lipinski definition) is 4. The molecule has 0 unspecified atom stereocenters. The normalized spacial score (nSPS) is 16.2. The van der Waals surface area contributed by atoms with Crippen LogP contribution in [0.3, 0.4) is 0 Å². The lowest BCUT2D eigenvalue weighted by molar-refractivity contribution is 0.0700. The van der Waals surface area contributed by atoms with Gasteiger partial charge in [-0.1, -0.05) is 31.0 Å². The van der Waals surface area contributed by atoms with Gasteiger partial charge in [0.25, 0.3) is 5.91 Å². The topological polar surface area (TPSA) is 79.3 Å². The molecule has 120 valence electrons. The van der Waals surface area contributed by atoms with Gasteiger partial charge in [0.15, 0.2) is 0 Å². The van der Waals surface area contributed by atoms with Gasteiger partial charge >= 0.3 is 5.97 Å². The van der Waals surface area contributed by atoms with Gasteiger partial charge in [0.1, 0.15) is 9.88 Å². The molecule has 1 aromatic carbocycles. The maximum absolute atomic E-state index is 12.6. The van der Waals surface area contributed by atoms with Crippen LogP contribution in [0.25, 0.3) is 0 Å². The van der Waals surface area contributed by atoms with Gasteiger partial charge in [-0.3, -0.25) is 4.79 Å². The predicted octanol–water partition coefficient (Wildman–Crippen LogP) is 3.35. The Labute approximate surface area is 138 Å². The SMILES string of the molecule is Cc1nc(C2(NC(=O)c3ccccc3)CCCC2)sc1C(=O)O. The maximum Gasteiger partial charge on any atom is 0.347 e. The summed E-state index contributed by atoms with van der Waals surface area (Å²) in [6.07, 6.45) is 3.57. The van der Waals surface area contributed by atoms with E-state index >= 15 is 0 Å². The van der Waals surface area contributed by atoms with E-state index in [0.29, 0.717) is 16.3 Å². The molecule has 1 aliphatic carbocycles. The minimum absolute atomic E-state index is 0.141. The van der Waals surface area contributed by atoms with Crippen molar-refractivity contribution in [1.29, 1.82) is 0 Å². The molecule has 1 amide bonds. The van der Waals surface area contributed by atoms with Crippen LogP contribution in [0.4, 0.5) is 0 Å². The van der Waals surface area contributed by atoms with Crippen LogP contribution < -0.4 is 5.32 Å². The number of aromatic carboxylic acids is 1. The second-order valence-electron chi connectivity index (χ2n) is 5.85. The molecule has 0 spiro atoms. The summed E-state index contributed by atoms with van der Waals surface area (Å²) in [5, 5.41) is 13.1. The van der Waals surface area contributed by atoms with E-state index in [0.717, 1.165) is 25.7 Å². The number of carboxylic acids is 1. The lowest BCUT2D eigenvalue weighted by Crippen LogP contribution is -2.43. The van der Waals surface area contributed by atoms with Crippen LogP contribution in [0.15, 0.2) is 30.3 Å². The summed E-state index contributed by atoms with van der Waals surface area (Å²) in [6, 6.07) is 9.06. The average Bonchev–Trinajstić information content (AvgIpc) is 3.16. The lowest BCUT2D eigenvalue weighted by Gasteiger charge is -2.28. The van der Waals surface area contributed by atoms with Gasteiger partial charge in [-0.2, -0.15) is 0 Å². The average molecular weight is 330 g/mol. The lowest BCUT2D eigenvalue weighted by atomic mass is 9.97. The highest BCUT2D eigenvalue weighted by Crippen LogP contribution is 2.41. The molecule has 0 saturated heterocycles. The van der Waals surface area contributed by atoms with Gasteiger partial charge < -0.3 is 10.4 Å². The second kappa shape index (κ2) is 6.12. The molecule has 23 heavy (non-hydrogen) atoms. The van der Waals surface area contributed by atoms with E-state index < -0.39 is 11.5 Å². The summed E-state index contributed by atoms with van der Waals surface area (Å²) in [6.45, 7) is 1.70. The van der Waals surface area contributed by atoms with E-state index in [-0.39, 0.29) is 10.8 Å². The van der Waals surface area contributed by atoms with E-state index in [9.17, 15) is 14.7 Å². The third-order valence-electron chi connectivity index (χ3n) is 4.25. The molecule has 6 heteroatoms. The summed E-state index contributed by atoms with van der Waals surface area (Å²) in [5.74, 6) is -1.11. The highest BCUT2D eigenvalue weighted by atomic mass is 32.1. The molecule has 3 rings (SSSR count). The van der Waals surface area contributed by atoms with E-state index in [1.165, 1.54) is 11.3 Å². The minimum atomic E-state index is -0.964. The molecule has 1 fully saturated rings. The van der Waals surface area contributed by atoms with E-state index in [1.54, 1.807) is 19.1 Å². The number of thiazole rings is 1. The highest BCUT2D eigenvalue weighted by Gasteiger charge is 2.40. The Bertz CT molecular complexity index is 734. The van der Waals surface area contributed by atoms with E-state index in [2.05, 4.69) is 10.3 Å². The first kappa shape index (κ1) is 15.7. The van der Waals surface area contributed by atoms with Crippen LogP contribution in [-0.2, 0) is 5.54 Å². The fourth-order valence-electron chi connectivity index (χ4n) is 3.05. The third kappa shape index (κ3) is 2.99. The first-order valence-corrected chi connectivity index (χ1v) is 8.42. The monoisotopic (exact) mass is 330 g/mol. The van der Waals surface area contributed by atoms with E-state index in [4.69, 9.17) is 0 Å². The predicted molar refractivity (Wildman–Crippen MR) is 87.9 cm³/mol. The Morgan fingerprint density at radius 3 is 2.43 bits per heavy atom. The molecule has 2 aromatic rings. The van der Waals surface area contributed by atoms with Crippen LogP contribution >= 0.6 is 11.3 Å². The van der Waals surface area contributed by atoms with Gasteiger partial charge in [0.05, 0.1) is 11.2 Å². The van der Waals surface area contributed by atoms with Crippen molar-refractivity contribution >= 4 is 23.2 Å². The first-order chi connectivity index (χ1) is 11.0. The Hall–Kier alpha value is -2.21. The Balaban J connectivity index is 1.93. The molecule has 0 atom stereocenters. The van der Waals surface area contributed by atoms with Crippen molar-refractivity contribution in [3.05, 3.63) is 51.5 Å². The Morgan fingerprint density at radius 2 is 1.87 bits per heavy atom. The van der Waals surface area contributed by atoms with E-state index in [1.807, 2.05) is 18.2 Å². The number of aryl methyl sites for hydroxylation is 1. The van der Waals surface area contributed by atoms with Gasteiger partial charge in [0, 0.05) is 5.56 Å². The van der Waals surface area contributed by atoms with Crippen LogP contribution in [-0.4, -0.2) is 22.0 Å². The summed E-state index contributed by atoms with van der Waals surface area (Å²) in [5.41, 5.74) is 0.569. The van der Waals surface area contributed by atoms with Crippen LogP contribution in [0.5, 0.6) is 0 Å². The second-order valence-corrected chi connectivity index (χ2v) is 6.85. The van der Waals surface area contributed by atoms with Crippen molar-refractivity contribution in [1.82, 2.24) is 10.3 Å². The van der Waals surface area contributed by atoms with Crippen LogP contribution in [0, 0.1) is 6.92 Å². The third-order valence-corrected chi connectivity index (χ3v) is 5.60. The molecule has 0 bridgehead atoms. The zero-order chi connectivity index (χ0) is 16.4. The molecular formula is C17H18N2O3S. The number of carboxylic acid groups (broad SMARTS) is 1.